The third kappa shape index (κ3) is 2.90. The maximum absolute atomic E-state index is 12.0. The fraction of sp³-hybridized carbons (Fsp3) is 0.462. The largest absolute Gasteiger partial charge is 0.346 e. The third-order valence-electron chi connectivity index (χ3n) is 3.23. The molecule has 1 fully saturated rings. The Morgan fingerprint density at radius 2 is 1.89 bits per heavy atom. The first-order valence-corrected chi connectivity index (χ1v) is 7.71. The van der Waals surface area contributed by atoms with Gasteiger partial charge in [0.2, 0.25) is 0 Å². The maximum atomic E-state index is 12.0. The predicted octanol–water partition coefficient (Wildman–Crippen LogP) is 1.30. The van der Waals surface area contributed by atoms with Crippen molar-refractivity contribution in [3.05, 3.63) is 35.4 Å². The van der Waals surface area contributed by atoms with Crippen molar-refractivity contribution in [3.63, 3.8) is 0 Å². The van der Waals surface area contributed by atoms with Crippen molar-refractivity contribution < 1.29 is 13.2 Å². The lowest BCUT2D eigenvalue weighted by atomic mass is 10.0. The van der Waals surface area contributed by atoms with Crippen LogP contribution >= 0.6 is 0 Å². The molecule has 0 aliphatic carbocycles. The third-order valence-corrected chi connectivity index (χ3v) is 5.14. The Morgan fingerprint density at radius 1 is 1.28 bits per heavy atom. The molecule has 0 unspecified atom stereocenters. The number of rotatable bonds is 2. The lowest BCUT2D eigenvalue weighted by molar-refractivity contribution is 0.0915. The number of carbonyl (C=O) groups excluding carboxylic acids is 1. The highest BCUT2D eigenvalue weighted by molar-refractivity contribution is 7.91. The predicted molar refractivity (Wildman–Crippen MR) is 70.3 cm³/mol. The number of carbonyl (C=O) groups is 1. The van der Waals surface area contributed by atoms with Crippen molar-refractivity contribution in [2.75, 3.05) is 11.5 Å². The van der Waals surface area contributed by atoms with Gasteiger partial charge in [-0.2, -0.15) is 0 Å². The minimum atomic E-state index is -3.00. The highest BCUT2D eigenvalue weighted by atomic mass is 32.2. The van der Waals surface area contributed by atoms with Gasteiger partial charge in [-0.05, 0) is 32.4 Å². The number of hydrogen-bond acceptors (Lipinski definition) is 3. The molecule has 0 spiro atoms. The summed E-state index contributed by atoms with van der Waals surface area (Å²) >= 11 is 0. The first-order valence-electron chi connectivity index (χ1n) is 5.89. The molecule has 1 N–H and O–H groups in total. The molecule has 18 heavy (non-hydrogen) atoms. The van der Waals surface area contributed by atoms with Crippen molar-refractivity contribution in [1.29, 1.82) is 0 Å². The highest BCUT2D eigenvalue weighted by Crippen LogP contribution is 2.23. The Morgan fingerprint density at radius 3 is 2.39 bits per heavy atom. The summed E-state index contributed by atoms with van der Waals surface area (Å²) in [4.78, 5) is 12.0. The molecular weight excluding hydrogens is 250 g/mol. The number of amides is 1. The van der Waals surface area contributed by atoms with Crippen LogP contribution in [0, 0.1) is 6.92 Å². The summed E-state index contributed by atoms with van der Waals surface area (Å²) in [7, 11) is -3.00. The van der Waals surface area contributed by atoms with Crippen LogP contribution in [0.3, 0.4) is 0 Å². The van der Waals surface area contributed by atoms with E-state index >= 15 is 0 Å². The zero-order valence-electron chi connectivity index (χ0n) is 10.6. The monoisotopic (exact) mass is 267 g/mol. The Hall–Kier alpha value is -1.36. The molecule has 0 aromatic heterocycles. The Labute approximate surface area is 107 Å². The summed E-state index contributed by atoms with van der Waals surface area (Å²) in [5, 5.41) is 2.83. The van der Waals surface area contributed by atoms with Gasteiger partial charge in [0.05, 0.1) is 17.0 Å². The van der Waals surface area contributed by atoms with Gasteiger partial charge in [-0.25, -0.2) is 8.42 Å². The van der Waals surface area contributed by atoms with E-state index in [-0.39, 0.29) is 17.4 Å². The average molecular weight is 267 g/mol. The zero-order chi connectivity index (χ0) is 13.4. The van der Waals surface area contributed by atoms with Gasteiger partial charge in [0.25, 0.3) is 5.91 Å². The molecule has 98 valence electrons. The van der Waals surface area contributed by atoms with Crippen molar-refractivity contribution in [3.8, 4) is 0 Å². The highest BCUT2D eigenvalue weighted by Gasteiger charge is 2.39. The van der Waals surface area contributed by atoms with E-state index in [1.165, 1.54) is 0 Å². The summed E-state index contributed by atoms with van der Waals surface area (Å²) in [5.74, 6) is -0.0375. The van der Waals surface area contributed by atoms with Gasteiger partial charge in [-0.3, -0.25) is 4.79 Å². The number of hydrogen-bond donors (Lipinski definition) is 1. The smallest absolute Gasteiger partial charge is 0.251 e. The SMILES string of the molecule is Cc1ccc(C(=O)N[C@@]2(C)CCS(=O)(=O)C2)cc1. The molecule has 1 aromatic carbocycles. The topological polar surface area (TPSA) is 63.2 Å². The second-order valence-electron chi connectivity index (χ2n) is 5.22. The normalized spacial score (nSPS) is 25.9. The number of nitrogens with one attached hydrogen (secondary N) is 1. The molecule has 1 saturated heterocycles. The molecule has 0 radical (unpaired) electrons. The van der Waals surface area contributed by atoms with Crippen molar-refractivity contribution in [2.45, 2.75) is 25.8 Å². The Kier molecular flexibility index (Phi) is 3.19. The Balaban J connectivity index is 2.10. The van der Waals surface area contributed by atoms with Gasteiger partial charge >= 0.3 is 0 Å². The van der Waals surface area contributed by atoms with Gasteiger partial charge in [-0.1, -0.05) is 17.7 Å². The van der Waals surface area contributed by atoms with Crippen molar-refractivity contribution >= 4 is 15.7 Å². The summed E-state index contributed by atoms with van der Waals surface area (Å²) in [5.41, 5.74) is 1.01. The van der Waals surface area contributed by atoms with Crippen LogP contribution in [0.5, 0.6) is 0 Å². The Bertz CT molecular complexity index is 562. The van der Waals surface area contributed by atoms with Crippen molar-refractivity contribution in [2.24, 2.45) is 0 Å². The molecule has 1 amide bonds. The van der Waals surface area contributed by atoms with E-state index in [4.69, 9.17) is 0 Å². The van der Waals surface area contributed by atoms with Gasteiger partial charge in [0.15, 0.2) is 9.84 Å². The lowest BCUT2D eigenvalue weighted by Crippen LogP contribution is -2.46. The maximum Gasteiger partial charge on any atom is 0.251 e. The standard InChI is InChI=1S/C13H17NO3S/c1-10-3-5-11(6-4-10)12(15)14-13(2)7-8-18(16,17)9-13/h3-6H,7-9H2,1-2H3,(H,14,15)/t13-/m0/s1. The molecule has 2 rings (SSSR count). The molecule has 5 heteroatoms. The summed E-state index contributed by atoms with van der Waals surface area (Å²) in [6.45, 7) is 3.73. The van der Waals surface area contributed by atoms with E-state index in [0.29, 0.717) is 12.0 Å². The zero-order valence-corrected chi connectivity index (χ0v) is 11.4. The summed E-state index contributed by atoms with van der Waals surface area (Å²) in [6, 6.07) is 7.22. The molecule has 0 bridgehead atoms. The van der Waals surface area contributed by atoms with Crippen molar-refractivity contribution in [1.82, 2.24) is 5.32 Å². The van der Waals surface area contributed by atoms with Crippen LogP contribution in [0.25, 0.3) is 0 Å². The molecule has 1 aromatic rings. The molecule has 1 aliphatic rings. The number of aryl methyl sites for hydroxylation is 1. The molecule has 0 saturated carbocycles. The van der Waals surface area contributed by atoms with E-state index in [2.05, 4.69) is 5.32 Å². The fourth-order valence-electron chi connectivity index (χ4n) is 2.16. The molecular formula is C13H17NO3S. The first-order chi connectivity index (χ1) is 8.30. The summed E-state index contributed by atoms with van der Waals surface area (Å²) < 4.78 is 22.9. The fourth-order valence-corrected chi connectivity index (χ4v) is 4.25. The lowest BCUT2D eigenvalue weighted by Gasteiger charge is -2.23. The molecule has 1 heterocycles. The van der Waals surface area contributed by atoms with E-state index in [1.807, 2.05) is 19.1 Å². The van der Waals surface area contributed by atoms with Crippen LogP contribution in [-0.4, -0.2) is 31.4 Å². The second kappa shape index (κ2) is 4.39. The molecule has 1 aliphatic heterocycles. The average Bonchev–Trinajstić information content (AvgIpc) is 2.53. The van der Waals surface area contributed by atoms with Crippen LogP contribution in [0.15, 0.2) is 24.3 Å². The quantitative estimate of drug-likeness (QED) is 0.878. The van der Waals surface area contributed by atoms with Gasteiger partial charge in [-0.15, -0.1) is 0 Å². The summed E-state index contributed by atoms with van der Waals surface area (Å²) in [6.07, 6.45) is 0.479. The molecule has 1 atom stereocenters. The van der Waals surface area contributed by atoms with Crippen LogP contribution < -0.4 is 5.32 Å². The van der Waals surface area contributed by atoms with Crippen LogP contribution in [0.4, 0.5) is 0 Å². The van der Waals surface area contributed by atoms with Crippen LogP contribution in [0.2, 0.25) is 0 Å². The number of benzene rings is 1. The molecule has 4 nitrogen and oxygen atoms in total. The minimum Gasteiger partial charge on any atom is -0.346 e. The van der Waals surface area contributed by atoms with Crippen LogP contribution in [0.1, 0.15) is 29.3 Å². The second-order valence-corrected chi connectivity index (χ2v) is 7.41. The first kappa shape index (κ1) is 13.1. The van der Waals surface area contributed by atoms with Gasteiger partial charge < -0.3 is 5.32 Å². The van der Waals surface area contributed by atoms with Gasteiger partial charge in [0, 0.05) is 5.56 Å². The van der Waals surface area contributed by atoms with E-state index < -0.39 is 15.4 Å². The van der Waals surface area contributed by atoms with E-state index in [1.54, 1.807) is 19.1 Å². The number of sulfone groups is 1. The van der Waals surface area contributed by atoms with E-state index in [0.717, 1.165) is 5.56 Å². The van der Waals surface area contributed by atoms with Crippen LogP contribution in [-0.2, 0) is 9.84 Å². The van der Waals surface area contributed by atoms with E-state index in [9.17, 15) is 13.2 Å². The minimum absolute atomic E-state index is 0.0254. The van der Waals surface area contributed by atoms with Gasteiger partial charge in [0.1, 0.15) is 0 Å².